The van der Waals surface area contributed by atoms with Crippen LogP contribution in [0.3, 0.4) is 0 Å². The quantitative estimate of drug-likeness (QED) is 0.508. The van der Waals surface area contributed by atoms with Crippen molar-refractivity contribution in [3.63, 3.8) is 0 Å². The van der Waals surface area contributed by atoms with Gasteiger partial charge in [0.05, 0.1) is 4.92 Å². The van der Waals surface area contributed by atoms with Crippen LogP contribution in [0.4, 0.5) is 5.69 Å². The number of hydrogen-bond donors (Lipinski definition) is 2. The van der Waals surface area contributed by atoms with Crippen molar-refractivity contribution in [2.24, 2.45) is 0 Å². The summed E-state index contributed by atoms with van der Waals surface area (Å²) in [6.07, 6.45) is 0. The maximum absolute atomic E-state index is 11.8. The van der Waals surface area contributed by atoms with Gasteiger partial charge in [-0.05, 0) is 29.8 Å². The van der Waals surface area contributed by atoms with Gasteiger partial charge in [0.2, 0.25) is 0 Å². The summed E-state index contributed by atoms with van der Waals surface area (Å²) in [6.45, 7) is -0.0862. The van der Waals surface area contributed by atoms with E-state index in [1.807, 2.05) is 0 Å². The van der Waals surface area contributed by atoms with Gasteiger partial charge in [0.15, 0.2) is 0 Å². The van der Waals surface area contributed by atoms with Gasteiger partial charge in [-0.1, -0.05) is 0 Å². The Morgan fingerprint density at radius 3 is 2.38 bits per heavy atom. The number of nitro groups is 1. The van der Waals surface area contributed by atoms with Crippen molar-refractivity contribution in [3.8, 4) is 11.5 Å². The SMILES string of the molecule is O=C(OCc1ccc([N+](=O)[O-])cc1)c1ccc(O)cc1O. The maximum Gasteiger partial charge on any atom is 0.342 e. The molecule has 0 aliphatic carbocycles. The van der Waals surface area contributed by atoms with Gasteiger partial charge < -0.3 is 14.9 Å². The van der Waals surface area contributed by atoms with Crippen molar-refractivity contribution >= 4 is 11.7 Å². The smallest absolute Gasteiger partial charge is 0.342 e. The number of nitrogens with zero attached hydrogens (tertiary/aromatic N) is 1. The minimum absolute atomic E-state index is 0.0544. The standard InChI is InChI=1S/C14H11NO6/c16-11-5-6-12(13(17)7-11)14(18)21-8-9-1-3-10(4-2-9)15(19)20/h1-7,16-17H,8H2. The highest BCUT2D eigenvalue weighted by Crippen LogP contribution is 2.23. The van der Waals surface area contributed by atoms with Crippen molar-refractivity contribution in [2.75, 3.05) is 0 Å². The Bertz CT molecular complexity index is 680. The summed E-state index contributed by atoms with van der Waals surface area (Å²) in [6, 6.07) is 9.08. The van der Waals surface area contributed by atoms with Crippen molar-refractivity contribution in [2.45, 2.75) is 6.61 Å². The van der Waals surface area contributed by atoms with Gasteiger partial charge in [-0.3, -0.25) is 10.1 Å². The molecule has 7 nitrogen and oxygen atoms in total. The van der Waals surface area contributed by atoms with Crippen LogP contribution >= 0.6 is 0 Å². The molecule has 0 spiro atoms. The minimum atomic E-state index is -0.758. The number of non-ortho nitro benzene ring substituents is 1. The average Bonchev–Trinajstić information content (AvgIpc) is 2.45. The highest BCUT2D eigenvalue weighted by Gasteiger charge is 2.13. The molecule has 0 aliphatic heterocycles. The molecule has 2 aromatic carbocycles. The van der Waals surface area contributed by atoms with E-state index in [0.717, 1.165) is 6.07 Å². The molecule has 108 valence electrons. The van der Waals surface area contributed by atoms with E-state index in [4.69, 9.17) is 9.84 Å². The Labute approximate surface area is 119 Å². The lowest BCUT2D eigenvalue weighted by Crippen LogP contribution is -2.05. The molecule has 2 N–H and O–H groups in total. The fourth-order valence-electron chi connectivity index (χ4n) is 1.63. The highest BCUT2D eigenvalue weighted by molar-refractivity contribution is 5.92. The second-order valence-corrected chi connectivity index (χ2v) is 4.20. The molecule has 0 unspecified atom stereocenters. The molecule has 7 heteroatoms. The van der Waals surface area contributed by atoms with Gasteiger partial charge in [0.25, 0.3) is 5.69 Å². The number of aromatic hydroxyl groups is 2. The summed E-state index contributed by atoms with van der Waals surface area (Å²) in [5, 5.41) is 29.2. The van der Waals surface area contributed by atoms with Crippen LogP contribution in [-0.2, 0) is 11.3 Å². The normalized spacial score (nSPS) is 10.1. The van der Waals surface area contributed by atoms with Gasteiger partial charge in [-0.2, -0.15) is 0 Å². The first-order chi connectivity index (χ1) is 9.97. The summed E-state index contributed by atoms with van der Waals surface area (Å²) in [5.41, 5.74) is 0.447. The lowest BCUT2D eigenvalue weighted by atomic mass is 10.2. The molecule has 0 aliphatic rings. The molecule has 0 heterocycles. The second-order valence-electron chi connectivity index (χ2n) is 4.20. The minimum Gasteiger partial charge on any atom is -0.508 e. The zero-order valence-corrected chi connectivity index (χ0v) is 10.7. The van der Waals surface area contributed by atoms with E-state index in [0.29, 0.717) is 5.56 Å². The monoisotopic (exact) mass is 289 g/mol. The predicted molar refractivity (Wildman–Crippen MR) is 72.0 cm³/mol. The van der Waals surface area contributed by atoms with Crippen LogP contribution in [0.5, 0.6) is 11.5 Å². The number of phenols is 2. The van der Waals surface area contributed by atoms with E-state index in [2.05, 4.69) is 0 Å². The fraction of sp³-hybridized carbons (Fsp3) is 0.0714. The zero-order valence-electron chi connectivity index (χ0n) is 10.7. The third-order valence-electron chi connectivity index (χ3n) is 2.72. The number of ether oxygens (including phenoxy) is 1. The van der Waals surface area contributed by atoms with Gasteiger partial charge in [0, 0.05) is 18.2 Å². The molecule has 0 atom stereocenters. The van der Waals surface area contributed by atoms with Gasteiger partial charge in [-0.25, -0.2) is 4.79 Å². The fourth-order valence-corrected chi connectivity index (χ4v) is 1.63. The predicted octanol–water partition coefficient (Wildman–Crippen LogP) is 2.36. The lowest BCUT2D eigenvalue weighted by molar-refractivity contribution is -0.384. The number of nitro benzene ring substituents is 1. The first-order valence-electron chi connectivity index (χ1n) is 5.90. The van der Waals surface area contributed by atoms with Gasteiger partial charge >= 0.3 is 5.97 Å². The first kappa shape index (κ1) is 14.3. The Balaban J connectivity index is 2.02. The van der Waals surface area contributed by atoms with Crippen LogP contribution in [0, 0.1) is 10.1 Å². The third-order valence-corrected chi connectivity index (χ3v) is 2.72. The van der Waals surface area contributed by atoms with Crippen molar-refractivity contribution in [1.29, 1.82) is 0 Å². The van der Waals surface area contributed by atoms with E-state index >= 15 is 0 Å². The van der Waals surface area contributed by atoms with Crippen LogP contribution < -0.4 is 0 Å². The number of carbonyl (C=O) groups is 1. The number of benzene rings is 2. The van der Waals surface area contributed by atoms with E-state index in [-0.39, 0.29) is 29.4 Å². The van der Waals surface area contributed by atoms with Crippen LogP contribution in [0.25, 0.3) is 0 Å². The van der Waals surface area contributed by atoms with Crippen LogP contribution in [0.1, 0.15) is 15.9 Å². The second kappa shape index (κ2) is 5.91. The molecule has 0 saturated heterocycles. The Hall–Kier alpha value is -3.09. The number of phenolic OH excluding ortho intramolecular Hbond substituents is 2. The summed E-state index contributed by atoms with van der Waals surface area (Å²) >= 11 is 0. The molecule has 2 rings (SSSR count). The Morgan fingerprint density at radius 2 is 1.81 bits per heavy atom. The molecule has 0 bridgehead atoms. The maximum atomic E-state index is 11.8. The molecular formula is C14H11NO6. The van der Waals surface area contributed by atoms with E-state index in [1.54, 1.807) is 0 Å². The topological polar surface area (TPSA) is 110 Å². The van der Waals surface area contributed by atoms with Crippen LogP contribution in [0.2, 0.25) is 0 Å². The first-order valence-corrected chi connectivity index (χ1v) is 5.90. The molecule has 0 amide bonds. The molecule has 0 fully saturated rings. The highest BCUT2D eigenvalue weighted by atomic mass is 16.6. The Morgan fingerprint density at radius 1 is 1.14 bits per heavy atom. The molecule has 0 aromatic heterocycles. The summed E-state index contributed by atoms with van der Waals surface area (Å²) < 4.78 is 4.98. The van der Waals surface area contributed by atoms with Crippen LogP contribution in [0.15, 0.2) is 42.5 Å². The van der Waals surface area contributed by atoms with Gasteiger partial charge in [-0.15, -0.1) is 0 Å². The average molecular weight is 289 g/mol. The number of rotatable bonds is 4. The van der Waals surface area contributed by atoms with Crippen molar-refractivity contribution < 1.29 is 24.7 Å². The van der Waals surface area contributed by atoms with Crippen LogP contribution in [-0.4, -0.2) is 21.1 Å². The molecule has 21 heavy (non-hydrogen) atoms. The summed E-state index contributed by atoms with van der Waals surface area (Å²) in [5.74, 6) is -1.31. The Kier molecular flexibility index (Phi) is 4.03. The number of esters is 1. The molecule has 0 radical (unpaired) electrons. The third kappa shape index (κ3) is 3.47. The van der Waals surface area contributed by atoms with E-state index in [1.165, 1.54) is 36.4 Å². The largest absolute Gasteiger partial charge is 0.508 e. The lowest BCUT2D eigenvalue weighted by Gasteiger charge is -2.06. The van der Waals surface area contributed by atoms with E-state index < -0.39 is 10.9 Å². The summed E-state index contributed by atoms with van der Waals surface area (Å²) in [7, 11) is 0. The summed E-state index contributed by atoms with van der Waals surface area (Å²) in [4.78, 5) is 21.7. The molecule has 2 aromatic rings. The zero-order chi connectivity index (χ0) is 15.4. The molecular weight excluding hydrogens is 278 g/mol. The van der Waals surface area contributed by atoms with Gasteiger partial charge in [0.1, 0.15) is 23.7 Å². The van der Waals surface area contributed by atoms with E-state index in [9.17, 15) is 20.0 Å². The van der Waals surface area contributed by atoms with Crippen molar-refractivity contribution in [1.82, 2.24) is 0 Å². The number of hydrogen-bond acceptors (Lipinski definition) is 6. The van der Waals surface area contributed by atoms with Crippen molar-refractivity contribution in [3.05, 3.63) is 63.7 Å². The number of carbonyl (C=O) groups excluding carboxylic acids is 1. The molecule has 0 saturated carbocycles.